The Hall–Kier alpha value is -3.15. The highest BCUT2D eigenvalue weighted by Gasteiger charge is 2.27. The molecule has 2 heterocycles. The van der Waals surface area contributed by atoms with E-state index in [1.165, 1.54) is 24.5 Å². The van der Waals surface area contributed by atoms with Crippen molar-refractivity contribution in [3.05, 3.63) is 65.1 Å². The van der Waals surface area contributed by atoms with Gasteiger partial charge in [-0.25, -0.2) is 9.59 Å². The third kappa shape index (κ3) is 2.46. The molecule has 1 N–H and O–H groups in total. The summed E-state index contributed by atoms with van der Waals surface area (Å²) >= 11 is 0. The molecule has 0 amide bonds. The fourth-order valence-corrected chi connectivity index (χ4v) is 1.90. The smallest absolute Gasteiger partial charge is 0.368 e. The molecule has 104 valence electrons. The number of nitrogens with zero attached hydrogens (tertiary/aromatic N) is 1. The first-order valence-electron chi connectivity index (χ1n) is 6.04. The van der Waals surface area contributed by atoms with Crippen molar-refractivity contribution in [2.45, 2.75) is 0 Å². The van der Waals surface area contributed by atoms with Gasteiger partial charge in [-0.3, -0.25) is 0 Å². The Labute approximate surface area is 118 Å². The molecule has 6 heteroatoms. The Morgan fingerprint density at radius 1 is 1.19 bits per heavy atom. The number of carboxylic acid groups (broad SMARTS) is 1. The Kier molecular flexibility index (Phi) is 3.12. The summed E-state index contributed by atoms with van der Waals surface area (Å²) in [7, 11) is 0. The van der Waals surface area contributed by atoms with Gasteiger partial charge < -0.3 is 14.4 Å². The summed E-state index contributed by atoms with van der Waals surface area (Å²) in [6, 6.07) is 9.41. The van der Waals surface area contributed by atoms with Gasteiger partial charge in [-0.15, -0.1) is 0 Å². The average molecular weight is 283 g/mol. The van der Waals surface area contributed by atoms with Gasteiger partial charge in [0.25, 0.3) is 0 Å². The second kappa shape index (κ2) is 5.09. The highest BCUT2D eigenvalue weighted by atomic mass is 16.7. The number of benzene rings is 1. The number of oxime groups is 1. The molecule has 21 heavy (non-hydrogen) atoms. The van der Waals surface area contributed by atoms with E-state index in [0.717, 1.165) is 0 Å². The van der Waals surface area contributed by atoms with Crippen LogP contribution in [0.5, 0.6) is 0 Å². The number of hydrogen-bond donors (Lipinski definition) is 1. The fourth-order valence-electron chi connectivity index (χ4n) is 1.90. The summed E-state index contributed by atoms with van der Waals surface area (Å²) in [6.07, 6.45) is 3.02. The molecule has 0 saturated carbocycles. The van der Waals surface area contributed by atoms with E-state index < -0.39 is 11.9 Å². The molecule has 0 unspecified atom stereocenters. The predicted molar refractivity (Wildman–Crippen MR) is 72.7 cm³/mol. The molecule has 6 nitrogen and oxygen atoms in total. The average Bonchev–Trinajstić information content (AvgIpc) is 3.11. The van der Waals surface area contributed by atoms with Gasteiger partial charge in [0.2, 0.25) is 0 Å². The van der Waals surface area contributed by atoms with Crippen LogP contribution in [0, 0.1) is 0 Å². The lowest BCUT2D eigenvalue weighted by Crippen LogP contribution is -2.07. The van der Waals surface area contributed by atoms with Crippen molar-refractivity contribution in [1.82, 2.24) is 0 Å². The lowest BCUT2D eigenvalue weighted by atomic mass is 10.0. The SMILES string of the molecule is O=C1ON=C(c2ccc(C(=O)O)cc2)C1=Cc1ccco1. The molecule has 2 aromatic rings. The Morgan fingerprint density at radius 2 is 1.95 bits per heavy atom. The lowest BCUT2D eigenvalue weighted by Gasteiger charge is -2.00. The number of furan rings is 1. The van der Waals surface area contributed by atoms with E-state index >= 15 is 0 Å². The van der Waals surface area contributed by atoms with E-state index in [2.05, 4.69) is 9.99 Å². The normalized spacial score (nSPS) is 15.9. The van der Waals surface area contributed by atoms with Crippen LogP contribution in [0.4, 0.5) is 0 Å². The third-order valence-electron chi connectivity index (χ3n) is 2.93. The molecule has 0 aliphatic carbocycles. The topological polar surface area (TPSA) is 89.1 Å². The van der Waals surface area contributed by atoms with Gasteiger partial charge in [0.15, 0.2) is 0 Å². The van der Waals surface area contributed by atoms with E-state index in [1.807, 2.05) is 0 Å². The van der Waals surface area contributed by atoms with Crippen LogP contribution in [-0.4, -0.2) is 22.8 Å². The van der Waals surface area contributed by atoms with Gasteiger partial charge in [0.1, 0.15) is 11.5 Å². The quantitative estimate of drug-likeness (QED) is 0.689. The van der Waals surface area contributed by atoms with Crippen LogP contribution in [0.25, 0.3) is 6.08 Å². The first kappa shape index (κ1) is 12.9. The van der Waals surface area contributed by atoms with Crippen molar-refractivity contribution < 1.29 is 24.0 Å². The largest absolute Gasteiger partial charge is 0.478 e. The van der Waals surface area contributed by atoms with Gasteiger partial charge in [0.05, 0.1) is 17.4 Å². The molecule has 3 rings (SSSR count). The summed E-state index contributed by atoms with van der Waals surface area (Å²) in [6.45, 7) is 0. The first-order valence-corrected chi connectivity index (χ1v) is 6.04. The van der Waals surface area contributed by atoms with Gasteiger partial charge in [-0.05, 0) is 30.3 Å². The number of carboxylic acids is 1. The van der Waals surface area contributed by atoms with E-state index in [0.29, 0.717) is 17.0 Å². The van der Waals surface area contributed by atoms with Crippen molar-refractivity contribution in [2.24, 2.45) is 5.16 Å². The monoisotopic (exact) mass is 283 g/mol. The minimum atomic E-state index is -1.02. The maximum absolute atomic E-state index is 11.7. The molecular weight excluding hydrogens is 274 g/mol. The molecular formula is C15H9NO5. The highest BCUT2D eigenvalue weighted by molar-refractivity contribution is 6.31. The summed E-state index contributed by atoms with van der Waals surface area (Å²) in [5.41, 5.74) is 1.34. The zero-order chi connectivity index (χ0) is 14.8. The number of carbonyl (C=O) groups is 2. The molecule has 0 spiro atoms. The third-order valence-corrected chi connectivity index (χ3v) is 2.93. The van der Waals surface area contributed by atoms with Crippen LogP contribution in [0.3, 0.4) is 0 Å². The van der Waals surface area contributed by atoms with Crippen molar-refractivity contribution in [3.8, 4) is 0 Å². The fraction of sp³-hybridized carbons (Fsp3) is 0. The molecule has 0 atom stereocenters. The number of carbonyl (C=O) groups excluding carboxylic acids is 1. The molecule has 0 bridgehead atoms. The van der Waals surface area contributed by atoms with Crippen molar-refractivity contribution >= 4 is 23.7 Å². The van der Waals surface area contributed by atoms with Crippen LogP contribution in [-0.2, 0) is 9.63 Å². The zero-order valence-corrected chi connectivity index (χ0v) is 10.6. The van der Waals surface area contributed by atoms with Gasteiger partial charge in [-0.2, -0.15) is 0 Å². The minimum absolute atomic E-state index is 0.154. The van der Waals surface area contributed by atoms with Crippen LogP contribution in [0.15, 0.2) is 57.8 Å². The Morgan fingerprint density at radius 3 is 2.57 bits per heavy atom. The summed E-state index contributed by atoms with van der Waals surface area (Å²) in [5, 5.41) is 12.6. The lowest BCUT2D eigenvalue weighted by molar-refractivity contribution is -0.136. The first-order chi connectivity index (χ1) is 10.1. The molecule has 0 saturated heterocycles. The van der Waals surface area contributed by atoms with Crippen molar-refractivity contribution in [2.75, 3.05) is 0 Å². The number of hydrogen-bond acceptors (Lipinski definition) is 5. The van der Waals surface area contributed by atoms with Gasteiger partial charge in [-0.1, -0.05) is 17.3 Å². The number of rotatable bonds is 3. The van der Waals surface area contributed by atoms with Gasteiger partial charge in [0, 0.05) is 5.56 Å². The minimum Gasteiger partial charge on any atom is -0.478 e. The van der Waals surface area contributed by atoms with E-state index in [9.17, 15) is 9.59 Å². The van der Waals surface area contributed by atoms with Crippen molar-refractivity contribution in [1.29, 1.82) is 0 Å². The molecule has 1 aromatic heterocycles. The molecule has 0 fully saturated rings. The van der Waals surface area contributed by atoms with E-state index in [-0.39, 0.29) is 11.1 Å². The summed E-state index contributed by atoms with van der Waals surface area (Å²) in [5.74, 6) is -1.10. The molecule has 1 aliphatic heterocycles. The maximum atomic E-state index is 11.7. The van der Waals surface area contributed by atoms with Crippen molar-refractivity contribution in [3.63, 3.8) is 0 Å². The zero-order valence-electron chi connectivity index (χ0n) is 10.6. The Balaban J connectivity index is 1.97. The standard InChI is InChI=1S/C15H9NO5/c17-14(18)10-5-3-9(4-6-10)13-12(15(19)21-16-13)8-11-2-1-7-20-11/h1-8H,(H,17,18). The second-order valence-electron chi connectivity index (χ2n) is 4.27. The van der Waals surface area contributed by atoms with Crippen LogP contribution < -0.4 is 0 Å². The van der Waals surface area contributed by atoms with E-state index in [4.69, 9.17) is 9.52 Å². The maximum Gasteiger partial charge on any atom is 0.368 e. The molecule has 0 radical (unpaired) electrons. The van der Waals surface area contributed by atoms with E-state index in [1.54, 1.807) is 24.3 Å². The van der Waals surface area contributed by atoms with Gasteiger partial charge >= 0.3 is 11.9 Å². The molecule has 1 aromatic carbocycles. The predicted octanol–water partition coefficient (Wildman–Crippen LogP) is 2.32. The number of aromatic carboxylic acids is 1. The van der Waals surface area contributed by atoms with Crippen LogP contribution in [0.2, 0.25) is 0 Å². The second-order valence-corrected chi connectivity index (χ2v) is 4.27. The summed E-state index contributed by atoms with van der Waals surface area (Å²) < 4.78 is 5.16. The molecule has 1 aliphatic rings. The summed E-state index contributed by atoms with van der Waals surface area (Å²) in [4.78, 5) is 27.2. The Bertz CT molecular complexity index is 754. The van der Waals surface area contributed by atoms with Crippen LogP contribution in [0.1, 0.15) is 21.7 Å². The van der Waals surface area contributed by atoms with Crippen LogP contribution >= 0.6 is 0 Å². The highest BCUT2D eigenvalue weighted by Crippen LogP contribution is 2.21.